The number of nitriles is 1. The van der Waals surface area contributed by atoms with Crippen molar-refractivity contribution in [1.29, 1.82) is 5.26 Å². The van der Waals surface area contributed by atoms with E-state index < -0.39 is 0 Å². The molecule has 1 aliphatic heterocycles. The van der Waals surface area contributed by atoms with E-state index >= 15 is 0 Å². The largest absolute Gasteiger partial charge is 0.299 e. The van der Waals surface area contributed by atoms with Crippen LogP contribution in [0.1, 0.15) is 30.4 Å². The van der Waals surface area contributed by atoms with Crippen molar-refractivity contribution in [2.75, 3.05) is 13.1 Å². The molecule has 2 rings (SSSR count). The Bertz CT molecular complexity index is 359. The maximum absolute atomic E-state index is 8.80. The average Bonchev–Trinajstić information content (AvgIpc) is 2.31. The molecule has 78 valence electrons. The van der Waals surface area contributed by atoms with Crippen molar-refractivity contribution in [3.63, 3.8) is 0 Å². The summed E-state index contributed by atoms with van der Waals surface area (Å²) in [4.78, 5) is 2.47. The Morgan fingerprint density at radius 2 is 2.00 bits per heavy atom. The van der Waals surface area contributed by atoms with E-state index in [4.69, 9.17) is 5.26 Å². The monoisotopic (exact) mass is 200 g/mol. The molecular formula is C13H16N2. The summed E-state index contributed by atoms with van der Waals surface area (Å²) in [5.74, 6) is 0. The minimum absolute atomic E-state index is 0.768. The Balaban J connectivity index is 2.00. The normalized spacial score (nSPS) is 17.3. The number of nitrogens with zero attached hydrogens (tertiary/aromatic N) is 2. The van der Waals surface area contributed by atoms with Gasteiger partial charge in [0.15, 0.2) is 0 Å². The van der Waals surface area contributed by atoms with E-state index in [0.29, 0.717) is 0 Å². The molecule has 15 heavy (non-hydrogen) atoms. The Morgan fingerprint density at radius 3 is 2.73 bits per heavy atom. The molecule has 1 aromatic rings. The lowest BCUT2D eigenvalue weighted by Gasteiger charge is -2.26. The predicted octanol–water partition coefficient (Wildman–Crippen LogP) is 2.54. The molecule has 2 heteroatoms. The summed E-state index contributed by atoms with van der Waals surface area (Å²) in [5.41, 5.74) is 2.03. The molecule has 0 atom stereocenters. The number of hydrogen-bond donors (Lipinski definition) is 0. The highest BCUT2D eigenvalue weighted by molar-refractivity contribution is 5.32. The summed E-state index contributed by atoms with van der Waals surface area (Å²) in [6, 6.07) is 10.1. The van der Waals surface area contributed by atoms with Crippen LogP contribution in [0.4, 0.5) is 0 Å². The van der Waals surface area contributed by atoms with Crippen LogP contribution in [0.25, 0.3) is 0 Å². The summed E-state index contributed by atoms with van der Waals surface area (Å²) >= 11 is 0. The van der Waals surface area contributed by atoms with Crippen molar-refractivity contribution in [2.24, 2.45) is 0 Å². The van der Waals surface area contributed by atoms with Crippen molar-refractivity contribution < 1.29 is 0 Å². The molecule has 1 aliphatic rings. The van der Waals surface area contributed by atoms with Gasteiger partial charge in [0.05, 0.1) is 11.6 Å². The second-order valence-electron chi connectivity index (χ2n) is 4.15. The third-order valence-electron chi connectivity index (χ3n) is 2.91. The van der Waals surface area contributed by atoms with Gasteiger partial charge in [-0.05, 0) is 43.6 Å². The molecule has 0 N–H and O–H groups in total. The van der Waals surface area contributed by atoms with Gasteiger partial charge in [0, 0.05) is 6.54 Å². The van der Waals surface area contributed by atoms with Gasteiger partial charge in [0.1, 0.15) is 0 Å². The van der Waals surface area contributed by atoms with Gasteiger partial charge in [-0.1, -0.05) is 18.6 Å². The van der Waals surface area contributed by atoms with E-state index in [2.05, 4.69) is 17.0 Å². The lowest BCUT2D eigenvalue weighted by Crippen LogP contribution is -2.29. The van der Waals surface area contributed by atoms with E-state index in [-0.39, 0.29) is 0 Å². The summed E-state index contributed by atoms with van der Waals surface area (Å²) < 4.78 is 0. The third-order valence-corrected chi connectivity index (χ3v) is 2.91. The summed E-state index contributed by atoms with van der Waals surface area (Å²) in [7, 11) is 0. The Hall–Kier alpha value is -1.33. The van der Waals surface area contributed by atoms with Crippen LogP contribution in [-0.2, 0) is 6.54 Å². The first-order valence-corrected chi connectivity index (χ1v) is 5.60. The smallest absolute Gasteiger partial charge is 0.0991 e. The predicted molar refractivity (Wildman–Crippen MR) is 60.3 cm³/mol. The first kappa shape index (κ1) is 10.2. The molecule has 0 aliphatic carbocycles. The van der Waals surface area contributed by atoms with E-state index in [1.807, 2.05) is 18.2 Å². The van der Waals surface area contributed by atoms with Gasteiger partial charge in [0.25, 0.3) is 0 Å². The molecule has 2 nitrogen and oxygen atoms in total. The zero-order chi connectivity index (χ0) is 10.5. The highest BCUT2D eigenvalue weighted by Gasteiger charge is 2.10. The molecule has 1 saturated heterocycles. The van der Waals surface area contributed by atoms with Crippen molar-refractivity contribution in [3.8, 4) is 6.07 Å². The number of likely N-dealkylation sites (tertiary alicyclic amines) is 1. The van der Waals surface area contributed by atoms with Crippen molar-refractivity contribution >= 4 is 0 Å². The molecular weight excluding hydrogens is 184 g/mol. The second-order valence-corrected chi connectivity index (χ2v) is 4.15. The zero-order valence-electron chi connectivity index (χ0n) is 8.95. The third kappa shape index (κ3) is 2.81. The SMILES string of the molecule is N#Cc1cccc(CN2CCCCC2)c1. The lowest BCUT2D eigenvalue weighted by atomic mass is 10.1. The van der Waals surface area contributed by atoms with Gasteiger partial charge in [-0.25, -0.2) is 0 Å². The molecule has 0 spiro atoms. The zero-order valence-corrected chi connectivity index (χ0v) is 8.95. The van der Waals surface area contributed by atoms with Gasteiger partial charge in [-0.2, -0.15) is 5.26 Å². The van der Waals surface area contributed by atoms with Crippen LogP contribution in [-0.4, -0.2) is 18.0 Å². The van der Waals surface area contributed by atoms with Crippen molar-refractivity contribution in [2.45, 2.75) is 25.8 Å². The van der Waals surface area contributed by atoms with Crippen LogP contribution in [0.15, 0.2) is 24.3 Å². The minimum atomic E-state index is 0.768. The van der Waals surface area contributed by atoms with Gasteiger partial charge < -0.3 is 0 Å². The van der Waals surface area contributed by atoms with Crippen LogP contribution in [0.2, 0.25) is 0 Å². The first-order chi connectivity index (χ1) is 7.38. The maximum atomic E-state index is 8.80. The molecule has 1 fully saturated rings. The Morgan fingerprint density at radius 1 is 1.20 bits per heavy atom. The summed E-state index contributed by atoms with van der Waals surface area (Å²) in [6.07, 6.45) is 4.00. The second kappa shape index (κ2) is 4.95. The minimum Gasteiger partial charge on any atom is -0.299 e. The number of hydrogen-bond acceptors (Lipinski definition) is 2. The topological polar surface area (TPSA) is 27.0 Å². The van der Waals surface area contributed by atoms with E-state index in [1.54, 1.807) is 0 Å². The van der Waals surface area contributed by atoms with Crippen molar-refractivity contribution in [3.05, 3.63) is 35.4 Å². The molecule has 0 radical (unpaired) electrons. The van der Waals surface area contributed by atoms with E-state index in [9.17, 15) is 0 Å². The summed E-state index contributed by atoms with van der Waals surface area (Å²) in [5, 5.41) is 8.80. The molecule has 1 heterocycles. The van der Waals surface area contributed by atoms with Crippen LogP contribution in [0, 0.1) is 11.3 Å². The van der Waals surface area contributed by atoms with Crippen LogP contribution >= 0.6 is 0 Å². The maximum Gasteiger partial charge on any atom is 0.0991 e. The first-order valence-electron chi connectivity index (χ1n) is 5.60. The molecule has 0 amide bonds. The van der Waals surface area contributed by atoms with Crippen LogP contribution < -0.4 is 0 Å². The highest BCUT2D eigenvalue weighted by Crippen LogP contribution is 2.13. The molecule has 1 aromatic carbocycles. The average molecular weight is 200 g/mol. The lowest BCUT2D eigenvalue weighted by molar-refractivity contribution is 0.221. The van der Waals surface area contributed by atoms with Crippen LogP contribution in [0.5, 0.6) is 0 Å². The van der Waals surface area contributed by atoms with Gasteiger partial charge in [-0.3, -0.25) is 4.90 Å². The summed E-state index contributed by atoms with van der Waals surface area (Å²) in [6.45, 7) is 3.41. The fourth-order valence-electron chi connectivity index (χ4n) is 2.11. The highest BCUT2D eigenvalue weighted by atomic mass is 15.1. The number of rotatable bonds is 2. The molecule has 0 unspecified atom stereocenters. The molecule has 0 aromatic heterocycles. The Kier molecular flexibility index (Phi) is 3.37. The van der Waals surface area contributed by atoms with Gasteiger partial charge in [0.2, 0.25) is 0 Å². The van der Waals surface area contributed by atoms with Gasteiger partial charge >= 0.3 is 0 Å². The Labute approximate surface area is 91.1 Å². The standard InChI is InChI=1S/C13H16N2/c14-10-12-5-4-6-13(9-12)11-15-7-2-1-3-8-15/h4-6,9H,1-3,7-8,11H2. The van der Waals surface area contributed by atoms with Gasteiger partial charge in [-0.15, -0.1) is 0 Å². The number of piperidine rings is 1. The van der Waals surface area contributed by atoms with E-state index in [0.717, 1.165) is 12.1 Å². The fourth-order valence-corrected chi connectivity index (χ4v) is 2.11. The van der Waals surface area contributed by atoms with E-state index in [1.165, 1.54) is 37.9 Å². The molecule has 0 bridgehead atoms. The molecule has 0 saturated carbocycles. The fraction of sp³-hybridized carbons (Fsp3) is 0.462. The quantitative estimate of drug-likeness (QED) is 0.733. The number of benzene rings is 1. The van der Waals surface area contributed by atoms with Crippen LogP contribution in [0.3, 0.4) is 0 Å². The van der Waals surface area contributed by atoms with Crippen molar-refractivity contribution in [1.82, 2.24) is 4.90 Å².